The van der Waals surface area contributed by atoms with E-state index in [9.17, 15) is 21.6 Å². The Morgan fingerprint density at radius 2 is 2.19 bits per heavy atom. The molecule has 21 heavy (non-hydrogen) atoms. The molecule has 2 heterocycles. The Morgan fingerprint density at radius 3 is 2.62 bits per heavy atom. The summed E-state index contributed by atoms with van der Waals surface area (Å²) in [6, 6.07) is 0.521. The first-order chi connectivity index (χ1) is 9.67. The lowest BCUT2D eigenvalue weighted by Crippen LogP contribution is -2.40. The summed E-state index contributed by atoms with van der Waals surface area (Å²) in [6.07, 6.45) is 0.269. The number of carboxylic acid groups (broad SMARTS) is 1. The number of carbonyl (C=O) groups is 1. The zero-order valence-corrected chi connectivity index (χ0v) is 13.7. The molecular formula is C11H15NO6S3. The summed E-state index contributed by atoms with van der Waals surface area (Å²) in [7, 11) is -7.08. The number of hydrogen-bond donors (Lipinski definition) is 1. The molecular weight excluding hydrogens is 338 g/mol. The molecule has 1 aliphatic rings. The molecule has 0 spiro atoms. The summed E-state index contributed by atoms with van der Waals surface area (Å²) in [5.74, 6) is -1.39. The first-order valence-electron chi connectivity index (χ1n) is 6.21. The lowest BCUT2D eigenvalue weighted by Gasteiger charge is -2.25. The molecule has 118 valence electrons. The highest BCUT2D eigenvalue weighted by Gasteiger charge is 2.38. The topological polar surface area (TPSA) is 109 Å². The summed E-state index contributed by atoms with van der Waals surface area (Å²) in [5.41, 5.74) is 0. The van der Waals surface area contributed by atoms with Gasteiger partial charge in [0.1, 0.15) is 4.88 Å². The Balaban J connectivity index is 2.33. The quantitative estimate of drug-likeness (QED) is 0.832. The lowest BCUT2D eigenvalue weighted by molar-refractivity contribution is 0.0702. The first-order valence-corrected chi connectivity index (χ1v) is 10.4. The first kappa shape index (κ1) is 16.4. The molecule has 0 aliphatic carbocycles. The highest BCUT2D eigenvalue weighted by atomic mass is 32.2. The second-order valence-electron chi connectivity index (χ2n) is 4.72. The number of sulfone groups is 1. The molecule has 1 aliphatic heterocycles. The normalized spacial score (nSPS) is 21.7. The number of aromatic carboxylic acids is 1. The van der Waals surface area contributed by atoms with Crippen molar-refractivity contribution in [1.29, 1.82) is 0 Å². The van der Waals surface area contributed by atoms with Gasteiger partial charge in [-0.1, -0.05) is 6.92 Å². The van der Waals surface area contributed by atoms with Gasteiger partial charge < -0.3 is 5.11 Å². The van der Waals surface area contributed by atoms with Crippen LogP contribution in [0.15, 0.2) is 16.3 Å². The fourth-order valence-corrected chi connectivity index (χ4v) is 6.92. The monoisotopic (exact) mass is 353 g/mol. The SMILES string of the molecule is CCN(C1CCS(=O)(=O)C1)S(=O)(=O)c1csc(C(=O)O)c1. The molecule has 1 atom stereocenters. The smallest absolute Gasteiger partial charge is 0.345 e. The number of thiophene rings is 1. The molecule has 1 fully saturated rings. The molecule has 7 nitrogen and oxygen atoms in total. The van der Waals surface area contributed by atoms with Gasteiger partial charge in [0.15, 0.2) is 9.84 Å². The van der Waals surface area contributed by atoms with Crippen molar-refractivity contribution in [3.8, 4) is 0 Å². The van der Waals surface area contributed by atoms with Gasteiger partial charge in [-0.25, -0.2) is 21.6 Å². The van der Waals surface area contributed by atoms with Crippen LogP contribution >= 0.6 is 11.3 Å². The van der Waals surface area contributed by atoms with Crippen LogP contribution in [-0.4, -0.2) is 56.3 Å². The van der Waals surface area contributed by atoms with Crippen molar-refractivity contribution >= 4 is 37.2 Å². The second kappa shape index (κ2) is 5.67. The third-order valence-electron chi connectivity index (χ3n) is 3.32. The van der Waals surface area contributed by atoms with Crippen LogP contribution in [0.25, 0.3) is 0 Å². The largest absolute Gasteiger partial charge is 0.477 e. The van der Waals surface area contributed by atoms with E-state index in [1.807, 2.05) is 0 Å². The Morgan fingerprint density at radius 1 is 1.52 bits per heavy atom. The van der Waals surface area contributed by atoms with Gasteiger partial charge in [-0.15, -0.1) is 11.3 Å². The highest BCUT2D eigenvalue weighted by Crippen LogP contribution is 2.27. The van der Waals surface area contributed by atoms with Crippen molar-refractivity contribution in [1.82, 2.24) is 4.31 Å². The summed E-state index contributed by atoms with van der Waals surface area (Å²) in [5, 5.41) is 10.1. The zero-order chi connectivity index (χ0) is 15.8. The molecule has 0 aromatic carbocycles. The van der Waals surface area contributed by atoms with Gasteiger partial charge in [0.05, 0.1) is 16.4 Å². The van der Waals surface area contributed by atoms with Gasteiger partial charge in [0.2, 0.25) is 10.0 Å². The molecule has 1 aromatic rings. The molecule has 1 N–H and O–H groups in total. The fraction of sp³-hybridized carbons (Fsp3) is 0.545. The Hall–Kier alpha value is -0.970. The van der Waals surface area contributed by atoms with Crippen molar-refractivity contribution < 1.29 is 26.7 Å². The maximum Gasteiger partial charge on any atom is 0.345 e. The van der Waals surface area contributed by atoms with Gasteiger partial charge in [-0.05, 0) is 12.5 Å². The Bertz CT molecular complexity index is 749. The van der Waals surface area contributed by atoms with E-state index in [0.29, 0.717) is 0 Å². The van der Waals surface area contributed by atoms with E-state index in [0.717, 1.165) is 21.7 Å². The minimum atomic E-state index is -3.88. The van der Waals surface area contributed by atoms with Crippen LogP contribution in [0.3, 0.4) is 0 Å². The Labute approximate surface area is 127 Å². The number of nitrogens with zero attached hydrogens (tertiary/aromatic N) is 1. The third kappa shape index (κ3) is 3.28. The standard InChI is InChI=1S/C11H15NO6S3/c1-2-12(8-3-4-20(15,16)7-8)21(17,18)9-5-10(11(13)14)19-6-9/h5-6,8H,2-4,7H2,1H3,(H,13,14). The summed E-state index contributed by atoms with van der Waals surface area (Å²) in [6.45, 7) is 1.77. The summed E-state index contributed by atoms with van der Waals surface area (Å²) >= 11 is 0.831. The van der Waals surface area contributed by atoms with Crippen LogP contribution < -0.4 is 0 Å². The molecule has 10 heteroatoms. The van der Waals surface area contributed by atoms with E-state index in [1.165, 1.54) is 5.38 Å². The summed E-state index contributed by atoms with van der Waals surface area (Å²) in [4.78, 5) is 10.7. The van der Waals surface area contributed by atoms with Crippen molar-refractivity contribution in [3.05, 3.63) is 16.3 Å². The van der Waals surface area contributed by atoms with Gasteiger partial charge >= 0.3 is 5.97 Å². The molecule has 0 bridgehead atoms. The molecule has 0 radical (unpaired) electrons. The van der Waals surface area contributed by atoms with Crippen molar-refractivity contribution in [2.45, 2.75) is 24.3 Å². The van der Waals surface area contributed by atoms with Gasteiger partial charge in [0.25, 0.3) is 0 Å². The van der Waals surface area contributed by atoms with Gasteiger partial charge in [-0.2, -0.15) is 4.31 Å². The summed E-state index contributed by atoms with van der Waals surface area (Å²) < 4.78 is 49.3. The predicted molar refractivity (Wildman–Crippen MR) is 77.9 cm³/mol. The molecule has 0 amide bonds. The Kier molecular flexibility index (Phi) is 4.43. The number of sulfonamides is 1. The fourth-order valence-electron chi connectivity index (χ4n) is 2.33. The maximum absolute atomic E-state index is 12.5. The number of carboxylic acids is 1. The molecule has 1 unspecified atom stereocenters. The van der Waals surface area contributed by atoms with Crippen LogP contribution in [-0.2, 0) is 19.9 Å². The third-order valence-corrected chi connectivity index (χ3v) is 8.14. The predicted octanol–water partition coefficient (Wildman–Crippen LogP) is 0.644. The van der Waals surface area contributed by atoms with Gasteiger partial charge in [0, 0.05) is 18.0 Å². The highest BCUT2D eigenvalue weighted by molar-refractivity contribution is 7.92. The van der Waals surface area contributed by atoms with Crippen LogP contribution in [0.5, 0.6) is 0 Å². The van der Waals surface area contributed by atoms with E-state index in [2.05, 4.69) is 0 Å². The van der Waals surface area contributed by atoms with E-state index in [-0.39, 0.29) is 34.2 Å². The zero-order valence-electron chi connectivity index (χ0n) is 11.2. The van der Waals surface area contributed by atoms with Crippen molar-refractivity contribution in [3.63, 3.8) is 0 Å². The maximum atomic E-state index is 12.5. The number of rotatable bonds is 5. The molecule has 1 aromatic heterocycles. The van der Waals surface area contributed by atoms with Crippen LogP contribution in [0.2, 0.25) is 0 Å². The average molecular weight is 353 g/mol. The number of hydrogen-bond acceptors (Lipinski definition) is 6. The molecule has 1 saturated heterocycles. The minimum Gasteiger partial charge on any atom is -0.477 e. The van der Waals surface area contributed by atoms with E-state index in [1.54, 1.807) is 6.92 Å². The van der Waals surface area contributed by atoms with Crippen LogP contribution in [0.4, 0.5) is 0 Å². The van der Waals surface area contributed by atoms with Gasteiger partial charge in [-0.3, -0.25) is 0 Å². The minimum absolute atomic E-state index is 0.0201. The van der Waals surface area contributed by atoms with Crippen LogP contribution in [0, 0.1) is 0 Å². The van der Waals surface area contributed by atoms with Crippen LogP contribution in [0.1, 0.15) is 23.0 Å². The second-order valence-corrected chi connectivity index (χ2v) is 9.75. The van der Waals surface area contributed by atoms with Crippen molar-refractivity contribution in [2.75, 3.05) is 18.1 Å². The van der Waals surface area contributed by atoms with E-state index >= 15 is 0 Å². The molecule has 0 saturated carbocycles. The average Bonchev–Trinajstić information content (AvgIpc) is 2.97. The lowest BCUT2D eigenvalue weighted by atomic mass is 10.3. The molecule has 2 rings (SSSR count). The van der Waals surface area contributed by atoms with Crippen molar-refractivity contribution in [2.24, 2.45) is 0 Å². The van der Waals surface area contributed by atoms with E-state index in [4.69, 9.17) is 5.11 Å². The van der Waals surface area contributed by atoms with E-state index < -0.39 is 31.9 Å².